The monoisotopic (exact) mass is 312 g/mol. The maximum absolute atomic E-state index is 12.2. The van der Waals surface area contributed by atoms with E-state index in [0.717, 1.165) is 5.76 Å². The van der Waals surface area contributed by atoms with Gasteiger partial charge in [0.1, 0.15) is 17.2 Å². The number of nitrogens with zero attached hydrogens (tertiary/aromatic N) is 2. The van der Waals surface area contributed by atoms with Crippen molar-refractivity contribution in [2.75, 3.05) is 5.32 Å². The van der Waals surface area contributed by atoms with Gasteiger partial charge < -0.3 is 19.5 Å². The zero-order valence-electron chi connectivity index (χ0n) is 12.6. The Morgan fingerprint density at radius 1 is 1.09 bits per heavy atom. The molecule has 0 atom stereocenters. The maximum atomic E-state index is 12.2. The normalized spacial score (nSPS) is 10.5. The highest BCUT2D eigenvalue weighted by Gasteiger charge is 2.11. The molecule has 0 aliphatic rings. The molecule has 0 aromatic carbocycles. The van der Waals surface area contributed by atoms with Crippen LogP contribution in [0.1, 0.15) is 27.7 Å². The second-order valence-corrected chi connectivity index (χ2v) is 4.91. The van der Waals surface area contributed by atoms with E-state index in [2.05, 4.69) is 20.6 Å². The largest absolute Gasteiger partial charge is 0.467 e. The third-order valence-electron chi connectivity index (χ3n) is 3.09. The molecule has 3 aromatic heterocycles. The van der Waals surface area contributed by atoms with Gasteiger partial charge in [0.25, 0.3) is 5.91 Å². The van der Waals surface area contributed by atoms with E-state index in [4.69, 9.17) is 8.83 Å². The predicted molar refractivity (Wildman–Crippen MR) is 82.7 cm³/mol. The number of nitrogens with one attached hydrogen (secondary N) is 2. The number of aromatic nitrogens is 2. The van der Waals surface area contributed by atoms with E-state index in [-0.39, 0.29) is 5.91 Å². The number of aryl methyl sites for hydroxylation is 1. The van der Waals surface area contributed by atoms with Gasteiger partial charge in [0.2, 0.25) is 5.95 Å². The smallest absolute Gasteiger partial charge is 0.270 e. The molecule has 0 spiro atoms. The Hall–Kier alpha value is -3.09. The molecule has 1 amide bonds. The summed E-state index contributed by atoms with van der Waals surface area (Å²) in [6.07, 6.45) is 3.16. The first-order valence-corrected chi connectivity index (χ1v) is 7.13. The summed E-state index contributed by atoms with van der Waals surface area (Å²) in [4.78, 5) is 20.7. The molecule has 7 nitrogen and oxygen atoms in total. The van der Waals surface area contributed by atoms with Crippen molar-refractivity contribution in [1.82, 2.24) is 15.3 Å². The average Bonchev–Trinajstić information content (AvgIpc) is 3.23. The van der Waals surface area contributed by atoms with Crippen LogP contribution in [0.4, 0.5) is 5.95 Å². The molecule has 0 radical (unpaired) electrons. The van der Waals surface area contributed by atoms with Crippen molar-refractivity contribution < 1.29 is 13.6 Å². The Morgan fingerprint density at radius 2 is 1.78 bits per heavy atom. The quantitative estimate of drug-likeness (QED) is 0.726. The molecule has 3 rings (SSSR count). The number of hydrogen-bond acceptors (Lipinski definition) is 6. The van der Waals surface area contributed by atoms with Crippen LogP contribution in [-0.4, -0.2) is 15.9 Å². The van der Waals surface area contributed by atoms with Gasteiger partial charge in [0.15, 0.2) is 0 Å². The zero-order valence-corrected chi connectivity index (χ0v) is 12.6. The molecule has 2 N–H and O–H groups in total. The van der Waals surface area contributed by atoms with Gasteiger partial charge in [-0.2, -0.15) is 0 Å². The van der Waals surface area contributed by atoms with Crippen molar-refractivity contribution in [2.45, 2.75) is 20.0 Å². The number of carbonyl (C=O) groups excluding carboxylic acids is 1. The van der Waals surface area contributed by atoms with Crippen LogP contribution in [0, 0.1) is 6.92 Å². The predicted octanol–water partition coefficient (Wildman–Crippen LogP) is 2.51. The highest BCUT2D eigenvalue weighted by Crippen LogP contribution is 2.08. The summed E-state index contributed by atoms with van der Waals surface area (Å²) in [7, 11) is 0. The molecule has 3 heterocycles. The first-order valence-electron chi connectivity index (χ1n) is 7.13. The zero-order chi connectivity index (χ0) is 16.1. The third-order valence-corrected chi connectivity index (χ3v) is 3.09. The van der Waals surface area contributed by atoms with Gasteiger partial charge in [-0.15, -0.1) is 0 Å². The summed E-state index contributed by atoms with van der Waals surface area (Å²) < 4.78 is 10.4. The minimum Gasteiger partial charge on any atom is -0.467 e. The van der Waals surface area contributed by atoms with Gasteiger partial charge in [0.05, 0.1) is 25.6 Å². The van der Waals surface area contributed by atoms with Gasteiger partial charge in [-0.3, -0.25) is 4.79 Å². The highest BCUT2D eigenvalue weighted by atomic mass is 16.3. The fraction of sp³-hybridized carbons (Fsp3) is 0.188. The van der Waals surface area contributed by atoms with Crippen molar-refractivity contribution in [3.05, 3.63) is 65.8 Å². The van der Waals surface area contributed by atoms with Crippen LogP contribution in [0.15, 0.2) is 51.7 Å². The first kappa shape index (κ1) is 14.8. The minimum atomic E-state index is -0.284. The molecule has 23 heavy (non-hydrogen) atoms. The molecule has 0 saturated heterocycles. The van der Waals surface area contributed by atoms with E-state index in [1.807, 2.05) is 19.1 Å². The lowest BCUT2D eigenvalue weighted by Crippen LogP contribution is -2.24. The molecule has 0 aliphatic heterocycles. The van der Waals surface area contributed by atoms with Gasteiger partial charge in [-0.05, 0) is 37.3 Å². The van der Waals surface area contributed by atoms with E-state index < -0.39 is 0 Å². The second-order valence-electron chi connectivity index (χ2n) is 4.91. The molecular weight excluding hydrogens is 296 g/mol. The molecule has 0 unspecified atom stereocenters. The third kappa shape index (κ3) is 3.97. The summed E-state index contributed by atoms with van der Waals surface area (Å²) in [5.41, 5.74) is 0.996. The molecule has 118 valence electrons. The molecule has 7 heteroatoms. The van der Waals surface area contributed by atoms with Gasteiger partial charge in [-0.25, -0.2) is 9.97 Å². The van der Waals surface area contributed by atoms with Crippen LogP contribution >= 0.6 is 0 Å². The minimum absolute atomic E-state index is 0.284. The molecule has 0 fully saturated rings. The molecule has 0 bridgehead atoms. The first-order chi connectivity index (χ1) is 11.2. The molecular formula is C16H16N4O3. The fourth-order valence-electron chi connectivity index (χ4n) is 2.01. The Balaban J connectivity index is 1.65. The lowest BCUT2D eigenvalue weighted by molar-refractivity contribution is 0.0943. The highest BCUT2D eigenvalue weighted by molar-refractivity contribution is 5.92. The van der Waals surface area contributed by atoms with E-state index in [1.165, 1.54) is 0 Å². The number of amides is 1. The Bertz CT molecular complexity index is 767. The summed E-state index contributed by atoms with van der Waals surface area (Å²) in [5.74, 6) is 1.54. The van der Waals surface area contributed by atoms with Crippen molar-refractivity contribution in [1.29, 1.82) is 0 Å². The Morgan fingerprint density at radius 3 is 2.43 bits per heavy atom. The van der Waals surface area contributed by atoms with Gasteiger partial charge in [0, 0.05) is 5.69 Å². The van der Waals surface area contributed by atoms with Crippen molar-refractivity contribution in [3.63, 3.8) is 0 Å². The summed E-state index contributed by atoms with van der Waals surface area (Å²) in [5, 5.41) is 5.79. The van der Waals surface area contributed by atoms with Crippen molar-refractivity contribution >= 4 is 11.9 Å². The van der Waals surface area contributed by atoms with Gasteiger partial charge in [-0.1, -0.05) is 0 Å². The van der Waals surface area contributed by atoms with Crippen LogP contribution in [0.3, 0.4) is 0 Å². The van der Waals surface area contributed by atoms with E-state index >= 15 is 0 Å². The Labute approximate surface area is 132 Å². The molecule has 0 saturated carbocycles. The topological polar surface area (TPSA) is 93.2 Å². The van der Waals surface area contributed by atoms with E-state index in [9.17, 15) is 4.79 Å². The number of anilines is 1. The standard InChI is InChI=1S/C16H16N4O3/c1-11-8-14(15(21)17-9-12-4-2-6-22-12)20-16(19-11)18-10-13-5-3-7-23-13/h2-8H,9-10H2,1H3,(H,17,21)(H,18,19,20). The van der Waals surface area contributed by atoms with E-state index in [1.54, 1.807) is 30.7 Å². The summed E-state index contributed by atoms with van der Waals surface area (Å²) in [6, 6.07) is 8.85. The van der Waals surface area contributed by atoms with E-state index in [0.29, 0.717) is 36.2 Å². The summed E-state index contributed by atoms with van der Waals surface area (Å²) in [6.45, 7) is 2.57. The van der Waals surface area contributed by atoms with Gasteiger partial charge >= 0.3 is 0 Å². The maximum Gasteiger partial charge on any atom is 0.270 e. The number of hydrogen-bond donors (Lipinski definition) is 2. The number of rotatable bonds is 6. The van der Waals surface area contributed by atoms with Crippen molar-refractivity contribution in [3.8, 4) is 0 Å². The molecule has 3 aromatic rings. The van der Waals surface area contributed by atoms with Crippen LogP contribution < -0.4 is 10.6 Å². The lowest BCUT2D eigenvalue weighted by Gasteiger charge is -2.07. The Kier molecular flexibility index (Phi) is 4.37. The van der Waals surface area contributed by atoms with Crippen LogP contribution in [-0.2, 0) is 13.1 Å². The van der Waals surface area contributed by atoms with Crippen LogP contribution in [0.2, 0.25) is 0 Å². The average molecular weight is 312 g/mol. The van der Waals surface area contributed by atoms with Crippen LogP contribution in [0.25, 0.3) is 0 Å². The van der Waals surface area contributed by atoms with Crippen LogP contribution in [0.5, 0.6) is 0 Å². The number of carbonyl (C=O) groups is 1. The molecule has 0 aliphatic carbocycles. The second kappa shape index (κ2) is 6.78. The summed E-state index contributed by atoms with van der Waals surface area (Å²) >= 11 is 0. The lowest BCUT2D eigenvalue weighted by atomic mass is 10.3. The number of furan rings is 2. The SMILES string of the molecule is Cc1cc(C(=O)NCc2ccco2)nc(NCc2ccco2)n1. The van der Waals surface area contributed by atoms with Crippen molar-refractivity contribution in [2.24, 2.45) is 0 Å². The fourth-order valence-corrected chi connectivity index (χ4v) is 2.01.